The van der Waals surface area contributed by atoms with Crippen LogP contribution in [0.1, 0.15) is 30.7 Å². The highest BCUT2D eigenvalue weighted by Gasteiger charge is 2.41. The van der Waals surface area contributed by atoms with Gasteiger partial charge in [-0.05, 0) is 48.3 Å². The van der Waals surface area contributed by atoms with Crippen LogP contribution in [0.3, 0.4) is 0 Å². The summed E-state index contributed by atoms with van der Waals surface area (Å²) >= 11 is 2.14. The van der Waals surface area contributed by atoms with Gasteiger partial charge in [-0.2, -0.15) is 11.8 Å². The summed E-state index contributed by atoms with van der Waals surface area (Å²) in [4.78, 5) is 0. The molecule has 92 valence electrons. The second kappa shape index (κ2) is 5.03. The van der Waals surface area contributed by atoms with E-state index in [0.29, 0.717) is 5.41 Å². The molecule has 2 fully saturated rings. The Labute approximate surface area is 108 Å². The minimum Gasteiger partial charge on any atom is -0.316 e. The van der Waals surface area contributed by atoms with E-state index in [1.165, 1.54) is 43.9 Å². The molecule has 17 heavy (non-hydrogen) atoms. The van der Waals surface area contributed by atoms with Crippen LogP contribution in [0.2, 0.25) is 0 Å². The summed E-state index contributed by atoms with van der Waals surface area (Å²) in [6.45, 7) is 2.39. The van der Waals surface area contributed by atoms with Crippen LogP contribution in [0.5, 0.6) is 0 Å². The summed E-state index contributed by atoms with van der Waals surface area (Å²) in [6, 6.07) is 11.1. The van der Waals surface area contributed by atoms with Crippen molar-refractivity contribution >= 4 is 11.8 Å². The molecule has 1 N–H and O–H groups in total. The molecule has 0 aromatic heterocycles. The SMILES string of the molecule is c1ccc(C2CNCCC23CCSCC3)cc1. The van der Waals surface area contributed by atoms with Crippen molar-refractivity contribution in [3.05, 3.63) is 35.9 Å². The third kappa shape index (κ3) is 2.25. The zero-order valence-electron chi connectivity index (χ0n) is 10.3. The normalized spacial score (nSPS) is 28.1. The molecule has 1 unspecified atom stereocenters. The fourth-order valence-electron chi connectivity index (χ4n) is 3.51. The molecule has 3 rings (SSSR count). The molecule has 0 radical (unpaired) electrons. The molecule has 2 saturated heterocycles. The maximum absolute atomic E-state index is 3.60. The Bertz CT molecular complexity index is 348. The van der Waals surface area contributed by atoms with E-state index in [-0.39, 0.29) is 0 Å². The first-order valence-corrected chi connectivity index (χ1v) is 7.90. The van der Waals surface area contributed by atoms with Crippen LogP contribution in [-0.4, -0.2) is 24.6 Å². The van der Waals surface area contributed by atoms with E-state index in [9.17, 15) is 0 Å². The van der Waals surface area contributed by atoms with Gasteiger partial charge in [0.05, 0.1) is 0 Å². The summed E-state index contributed by atoms with van der Waals surface area (Å²) in [5.41, 5.74) is 2.14. The van der Waals surface area contributed by atoms with Crippen LogP contribution in [0.15, 0.2) is 30.3 Å². The van der Waals surface area contributed by atoms with Crippen molar-refractivity contribution in [2.24, 2.45) is 5.41 Å². The van der Waals surface area contributed by atoms with E-state index in [1.54, 1.807) is 5.56 Å². The molecule has 2 heterocycles. The number of hydrogen-bond donors (Lipinski definition) is 1. The summed E-state index contributed by atoms with van der Waals surface area (Å²) in [5, 5.41) is 3.60. The van der Waals surface area contributed by atoms with Gasteiger partial charge in [-0.1, -0.05) is 30.3 Å². The van der Waals surface area contributed by atoms with Gasteiger partial charge in [0.25, 0.3) is 0 Å². The Kier molecular flexibility index (Phi) is 3.44. The highest BCUT2D eigenvalue weighted by molar-refractivity contribution is 7.99. The maximum atomic E-state index is 3.60. The van der Waals surface area contributed by atoms with Crippen LogP contribution in [0, 0.1) is 5.41 Å². The second-order valence-corrected chi connectivity index (χ2v) is 6.62. The topological polar surface area (TPSA) is 12.0 Å². The minimum atomic E-state index is 0.595. The second-order valence-electron chi connectivity index (χ2n) is 5.39. The van der Waals surface area contributed by atoms with Gasteiger partial charge in [0.15, 0.2) is 0 Å². The van der Waals surface area contributed by atoms with Gasteiger partial charge < -0.3 is 5.32 Å². The monoisotopic (exact) mass is 247 g/mol. The molecule has 1 aromatic carbocycles. The third-order valence-corrected chi connectivity index (χ3v) is 5.56. The first kappa shape index (κ1) is 11.6. The lowest BCUT2D eigenvalue weighted by molar-refractivity contribution is 0.147. The third-order valence-electron chi connectivity index (χ3n) is 4.58. The van der Waals surface area contributed by atoms with Crippen LogP contribution < -0.4 is 5.32 Å². The van der Waals surface area contributed by atoms with E-state index in [0.717, 1.165) is 5.92 Å². The van der Waals surface area contributed by atoms with Gasteiger partial charge in [0.1, 0.15) is 0 Å². The number of rotatable bonds is 1. The first-order valence-electron chi connectivity index (χ1n) is 6.74. The Hall–Kier alpha value is -0.470. The van der Waals surface area contributed by atoms with Gasteiger partial charge in [0, 0.05) is 12.5 Å². The Morgan fingerprint density at radius 3 is 2.59 bits per heavy atom. The molecule has 1 aromatic rings. The smallest absolute Gasteiger partial charge is 0.00255 e. The zero-order chi connectivity index (χ0) is 11.6. The Morgan fingerprint density at radius 1 is 1.06 bits per heavy atom. The van der Waals surface area contributed by atoms with E-state index in [1.807, 2.05) is 0 Å². The lowest BCUT2D eigenvalue weighted by Gasteiger charge is -2.47. The molecule has 1 nitrogen and oxygen atoms in total. The molecule has 1 spiro atoms. The van der Waals surface area contributed by atoms with E-state index in [4.69, 9.17) is 0 Å². The van der Waals surface area contributed by atoms with Crippen molar-refractivity contribution < 1.29 is 0 Å². The molecular formula is C15H21NS. The summed E-state index contributed by atoms with van der Waals surface area (Å²) in [7, 11) is 0. The van der Waals surface area contributed by atoms with Crippen LogP contribution in [0.4, 0.5) is 0 Å². The molecule has 1 atom stereocenters. The minimum absolute atomic E-state index is 0.595. The Morgan fingerprint density at radius 2 is 1.82 bits per heavy atom. The molecule has 2 aliphatic heterocycles. The zero-order valence-corrected chi connectivity index (χ0v) is 11.1. The quantitative estimate of drug-likeness (QED) is 0.817. The van der Waals surface area contributed by atoms with E-state index >= 15 is 0 Å². The molecule has 0 bridgehead atoms. The van der Waals surface area contributed by atoms with Crippen LogP contribution in [-0.2, 0) is 0 Å². The largest absolute Gasteiger partial charge is 0.316 e. The summed E-state index contributed by atoms with van der Waals surface area (Å²) in [6.07, 6.45) is 4.20. The van der Waals surface area contributed by atoms with E-state index in [2.05, 4.69) is 47.4 Å². The predicted octanol–water partition coefficient (Wildman–Crippen LogP) is 3.28. The predicted molar refractivity (Wildman–Crippen MR) is 75.7 cm³/mol. The van der Waals surface area contributed by atoms with E-state index < -0.39 is 0 Å². The molecule has 0 saturated carbocycles. The summed E-state index contributed by atoms with van der Waals surface area (Å²) < 4.78 is 0. The van der Waals surface area contributed by atoms with Crippen molar-refractivity contribution in [2.75, 3.05) is 24.6 Å². The summed E-state index contributed by atoms with van der Waals surface area (Å²) in [5.74, 6) is 3.46. The maximum Gasteiger partial charge on any atom is 0.00255 e. The Balaban J connectivity index is 1.89. The number of piperidine rings is 1. The van der Waals surface area contributed by atoms with Gasteiger partial charge in [-0.15, -0.1) is 0 Å². The van der Waals surface area contributed by atoms with Gasteiger partial charge in [0.2, 0.25) is 0 Å². The van der Waals surface area contributed by atoms with Crippen molar-refractivity contribution in [2.45, 2.75) is 25.2 Å². The van der Waals surface area contributed by atoms with Crippen molar-refractivity contribution in [3.63, 3.8) is 0 Å². The van der Waals surface area contributed by atoms with Gasteiger partial charge >= 0.3 is 0 Å². The lowest BCUT2D eigenvalue weighted by Crippen LogP contribution is -2.45. The fourth-order valence-corrected chi connectivity index (χ4v) is 4.81. The molecule has 0 amide bonds. The highest BCUT2D eigenvalue weighted by atomic mass is 32.2. The van der Waals surface area contributed by atoms with Crippen LogP contribution >= 0.6 is 11.8 Å². The average molecular weight is 247 g/mol. The highest BCUT2D eigenvalue weighted by Crippen LogP contribution is 2.49. The van der Waals surface area contributed by atoms with Crippen molar-refractivity contribution in [3.8, 4) is 0 Å². The van der Waals surface area contributed by atoms with Crippen molar-refractivity contribution in [1.82, 2.24) is 5.32 Å². The molecule has 2 heteroatoms. The number of hydrogen-bond acceptors (Lipinski definition) is 2. The number of thioether (sulfide) groups is 1. The van der Waals surface area contributed by atoms with Gasteiger partial charge in [-0.3, -0.25) is 0 Å². The first-order chi connectivity index (χ1) is 8.41. The number of nitrogens with one attached hydrogen (secondary N) is 1. The molecule has 2 aliphatic rings. The van der Waals surface area contributed by atoms with Gasteiger partial charge in [-0.25, -0.2) is 0 Å². The van der Waals surface area contributed by atoms with Crippen LogP contribution in [0.25, 0.3) is 0 Å². The molecule has 0 aliphatic carbocycles. The standard InChI is InChI=1S/C15H21NS/c1-2-4-13(5-3-1)14-12-16-9-6-15(14)7-10-17-11-8-15/h1-5,14,16H,6-12H2. The average Bonchev–Trinajstić information content (AvgIpc) is 2.41. The number of benzene rings is 1. The molecular weight excluding hydrogens is 226 g/mol. The fraction of sp³-hybridized carbons (Fsp3) is 0.600. The lowest BCUT2D eigenvalue weighted by atomic mass is 9.64. The van der Waals surface area contributed by atoms with Crippen molar-refractivity contribution in [1.29, 1.82) is 0 Å².